The molecule has 0 aliphatic heterocycles. The van der Waals surface area contributed by atoms with Crippen molar-refractivity contribution < 1.29 is 19.4 Å². The zero-order valence-electron chi connectivity index (χ0n) is 13.5. The van der Waals surface area contributed by atoms with E-state index in [2.05, 4.69) is 5.32 Å². The third-order valence-corrected chi connectivity index (χ3v) is 4.40. The Bertz CT molecular complexity index is 732. The van der Waals surface area contributed by atoms with E-state index >= 15 is 0 Å². The molecule has 1 aromatic carbocycles. The first-order valence-electron chi connectivity index (χ1n) is 8.34. The number of amides is 1. The molecule has 0 saturated heterocycles. The van der Waals surface area contributed by atoms with E-state index in [0.29, 0.717) is 5.69 Å². The number of nitrogens with one attached hydrogen (secondary N) is 1. The SMILES string of the molecule is O=C(O)Cn1ccc2c(NC(=O)COC3CCCCC3)cccc21. The molecule has 0 unspecified atom stereocenters. The first-order valence-corrected chi connectivity index (χ1v) is 8.34. The molecule has 2 N–H and O–H groups in total. The smallest absolute Gasteiger partial charge is 0.323 e. The Morgan fingerprint density at radius 2 is 2.00 bits per heavy atom. The van der Waals surface area contributed by atoms with Crippen LogP contribution in [0.25, 0.3) is 10.9 Å². The summed E-state index contributed by atoms with van der Waals surface area (Å²) in [6.45, 7) is -0.0530. The molecule has 1 aliphatic rings. The number of benzene rings is 1. The fourth-order valence-electron chi connectivity index (χ4n) is 3.23. The number of carbonyl (C=O) groups excluding carboxylic acids is 1. The molecule has 0 spiro atoms. The Morgan fingerprint density at radius 1 is 1.21 bits per heavy atom. The van der Waals surface area contributed by atoms with E-state index in [1.54, 1.807) is 16.8 Å². The minimum absolute atomic E-state index is 0.0525. The van der Waals surface area contributed by atoms with Crippen LogP contribution in [0.2, 0.25) is 0 Å². The van der Waals surface area contributed by atoms with E-state index in [1.165, 1.54) is 19.3 Å². The van der Waals surface area contributed by atoms with Gasteiger partial charge >= 0.3 is 5.97 Å². The highest BCUT2D eigenvalue weighted by Crippen LogP contribution is 2.25. The van der Waals surface area contributed by atoms with Crippen molar-refractivity contribution in [2.75, 3.05) is 11.9 Å². The van der Waals surface area contributed by atoms with Crippen LogP contribution in [-0.2, 0) is 20.9 Å². The second kappa shape index (κ2) is 7.49. The lowest BCUT2D eigenvalue weighted by molar-refractivity contribution is -0.137. The van der Waals surface area contributed by atoms with Gasteiger partial charge in [0.15, 0.2) is 0 Å². The van der Waals surface area contributed by atoms with Crippen LogP contribution < -0.4 is 5.32 Å². The molecule has 0 bridgehead atoms. The van der Waals surface area contributed by atoms with E-state index in [-0.39, 0.29) is 25.2 Å². The molecule has 3 rings (SSSR count). The van der Waals surface area contributed by atoms with E-state index in [0.717, 1.165) is 23.7 Å². The summed E-state index contributed by atoms with van der Waals surface area (Å²) in [5, 5.41) is 12.6. The maximum atomic E-state index is 12.1. The maximum Gasteiger partial charge on any atom is 0.323 e. The van der Waals surface area contributed by atoms with Crippen LogP contribution in [0.4, 0.5) is 5.69 Å². The van der Waals surface area contributed by atoms with E-state index in [1.807, 2.05) is 18.2 Å². The van der Waals surface area contributed by atoms with Crippen LogP contribution >= 0.6 is 0 Å². The zero-order chi connectivity index (χ0) is 16.9. The van der Waals surface area contributed by atoms with Crippen molar-refractivity contribution in [2.45, 2.75) is 44.8 Å². The maximum absolute atomic E-state index is 12.1. The summed E-state index contributed by atoms with van der Waals surface area (Å²) in [6.07, 6.45) is 7.55. The number of rotatable bonds is 6. The standard InChI is InChI=1S/C18H22N2O4/c21-17(12-24-13-5-2-1-3-6-13)19-15-7-4-8-16-14(15)9-10-20(16)11-18(22)23/h4,7-10,13H,1-3,5-6,11-12H2,(H,19,21)(H,22,23). The number of aromatic nitrogens is 1. The van der Waals surface area contributed by atoms with Crippen molar-refractivity contribution in [3.8, 4) is 0 Å². The van der Waals surface area contributed by atoms with Gasteiger partial charge in [-0.1, -0.05) is 25.3 Å². The number of carbonyl (C=O) groups is 2. The molecular weight excluding hydrogens is 308 g/mol. The predicted molar refractivity (Wildman–Crippen MR) is 91.0 cm³/mol. The second-order valence-electron chi connectivity index (χ2n) is 6.19. The topological polar surface area (TPSA) is 80.6 Å². The number of nitrogens with zero attached hydrogens (tertiary/aromatic N) is 1. The number of carboxylic acid groups (broad SMARTS) is 1. The van der Waals surface area contributed by atoms with Crippen molar-refractivity contribution in [2.24, 2.45) is 0 Å². The van der Waals surface area contributed by atoms with Gasteiger partial charge in [0, 0.05) is 11.6 Å². The summed E-state index contributed by atoms with van der Waals surface area (Å²) in [4.78, 5) is 23.0. The van der Waals surface area contributed by atoms with Crippen molar-refractivity contribution >= 4 is 28.5 Å². The van der Waals surface area contributed by atoms with Crippen molar-refractivity contribution in [1.29, 1.82) is 0 Å². The summed E-state index contributed by atoms with van der Waals surface area (Å²) >= 11 is 0. The molecule has 1 heterocycles. The second-order valence-corrected chi connectivity index (χ2v) is 6.19. The molecular formula is C18H22N2O4. The molecule has 0 atom stereocenters. The molecule has 0 radical (unpaired) electrons. The number of aliphatic carboxylic acids is 1. The highest BCUT2D eigenvalue weighted by atomic mass is 16.5. The molecule has 1 fully saturated rings. The van der Waals surface area contributed by atoms with Gasteiger partial charge in [0.1, 0.15) is 13.2 Å². The number of ether oxygens (including phenoxy) is 1. The Hall–Kier alpha value is -2.34. The normalized spacial score (nSPS) is 15.5. The highest BCUT2D eigenvalue weighted by molar-refractivity contribution is 6.02. The van der Waals surface area contributed by atoms with Crippen LogP contribution in [0.5, 0.6) is 0 Å². The van der Waals surface area contributed by atoms with Crippen LogP contribution in [0.3, 0.4) is 0 Å². The quantitative estimate of drug-likeness (QED) is 0.853. The number of hydrogen-bond donors (Lipinski definition) is 2. The summed E-state index contributed by atoms with van der Waals surface area (Å²) < 4.78 is 7.34. The molecule has 128 valence electrons. The molecule has 1 aromatic heterocycles. The fourth-order valence-corrected chi connectivity index (χ4v) is 3.23. The van der Waals surface area contributed by atoms with Crippen LogP contribution in [0, 0.1) is 0 Å². The Morgan fingerprint density at radius 3 is 2.75 bits per heavy atom. The summed E-state index contributed by atoms with van der Waals surface area (Å²) in [5.74, 6) is -1.08. The molecule has 24 heavy (non-hydrogen) atoms. The Labute approximate surface area is 140 Å². The minimum Gasteiger partial charge on any atom is -0.480 e. The molecule has 1 aliphatic carbocycles. The van der Waals surface area contributed by atoms with E-state index in [9.17, 15) is 9.59 Å². The fraction of sp³-hybridized carbons (Fsp3) is 0.444. The average Bonchev–Trinajstić information content (AvgIpc) is 2.97. The van der Waals surface area contributed by atoms with Gasteiger partial charge in [-0.15, -0.1) is 0 Å². The van der Waals surface area contributed by atoms with Gasteiger partial charge in [-0.05, 0) is 31.0 Å². The molecule has 1 saturated carbocycles. The molecule has 6 heteroatoms. The lowest BCUT2D eigenvalue weighted by atomic mass is 9.98. The predicted octanol–water partition coefficient (Wildman–Crippen LogP) is 3.01. The molecule has 6 nitrogen and oxygen atoms in total. The van der Waals surface area contributed by atoms with Gasteiger partial charge in [0.25, 0.3) is 0 Å². The van der Waals surface area contributed by atoms with Gasteiger partial charge < -0.3 is 19.7 Å². The highest BCUT2D eigenvalue weighted by Gasteiger charge is 2.16. The first-order chi connectivity index (χ1) is 11.6. The van der Waals surface area contributed by atoms with Crippen molar-refractivity contribution in [1.82, 2.24) is 4.57 Å². The van der Waals surface area contributed by atoms with E-state index < -0.39 is 5.97 Å². The largest absolute Gasteiger partial charge is 0.480 e. The monoisotopic (exact) mass is 330 g/mol. The summed E-state index contributed by atoms with van der Waals surface area (Å²) in [6, 6.07) is 7.27. The van der Waals surface area contributed by atoms with Gasteiger partial charge in [-0.25, -0.2) is 0 Å². The Balaban J connectivity index is 1.64. The number of hydrogen-bond acceptors (Lipinski definition) is 3. The third kappa shape index (κ3) is 3.94. The summed E-state index contributed by atoms with van der Waals surface area (Å²) in [7, 11) is 0. The lowest BCUT2D eigenvalue weighted by Gasteiger charge is -2.21. The van der Waals surface area contributed by atoms with Crippen LogP contribution in [0.15, 0.2) is 30.5 Å². The van der Waals surface area contributed by atoms with Crippen molar-refractivity contribution in [3.63, 3.8) is 0 Å². The number of anilines is 1. The zero-order valence-corrected chi connectivity index (χ0v) is 13.5. The summed E-state index contributed by atoms with van der Waals surface area (Å²) in [5.41, 5.74) is 1.46. The minimum atomic E-state index is -0.900. The Kier molecular flexibility index (Phi) is 5.15. The molecule has 1 amide bonds. The van der Waals surface area contributed by atoms with E-state index in [4.69, 9.17) is 9.84 Å². The number of carboxylic acids is 1. The first kappa shape index (κ1) is 16.5. The van der Waals surface area contributed by atoms with Gasteiger partial charge in [0.2, 0.25) is 5.91 Å². The van der Waals surface area contributed by atoms with Gasteiger partial charge in [0.05, 0.1) is 17.3 Å². The van der Waals surface area contributed by atoms with Gasteiger partial charge in [-0.2, -0.15) is 0 Å². The van der Waals surface area contributed by atoms with Crippen LogP contribution in [-0.4, -0.2) is 34.3 Å². The number of fused-ring (bicyclic) bond motifs is 1. The lowest BCUT2D eigenvalue weighted by Crippen LogP contribution is -2.24. The van der Waals surface area contributed by atoms with Gasteiger partial charge in [-0.3, -0.25) is 9.59 Å². The van der Waals surface area contributed by atoms with Crippen molar-refractivity contribution in [3.05, 3.63) is 30.5 Å². The average molecular weight is 330 g/mol. The third-order valence-electron chi connectivity index (χ3n) is 4.40. The van der Waals surface area contributed by atoms with Crippen LogP contribution in [0.1, 0.15) is 32.1 Å². The molecule has 2 aromatic rings.